The molecule has 1 atom stereocenters. The zero-order chi connectivity index (χ0) is 8.39. The second-order valence-corrected chi connectivity index (χ2v) is 3.11. The van der Waals surface area contributed by atoms with Gasteiger partial charge in [0.15, 0.2) is 0 Å². The first-order valence-corrected chi connectivity index (χ1v) is 4.37. The molecule has 0 bridgehead atoms. The van der Waals surface area contributed by atoms with E-state index in [2.05, 4.69) is 8.75 Å². The fourth-order valence-corrected chi connectivity index (χ4v) is 1.53. The molecule has 0 aliphatic carbocycles. The van der Waals surface area contributed by atoms with E-state index in [0.717, 1.165) is 23.7 Å². The average Bonchev–Trinajstić information content (AvgIpc) is 2.77. The molecule has 2 rings (SSSR count). The van der Waals surface area contributed by atoms with Gasteiger partial charge in [0.1, 0.15) is 11.8 Å². The highest BCUT2D eigenvalue weighted by Crippen LogP contribution is 2.25. The summed E-state index contributed by atoms with van der Waals surface area (Å²) in [5.74, 6) is 0. The molecule has 1 aromatic rings. The van der Waals surface area contributed by atoms with E-state index in [9.17, 15) is 5.11 Å². The van der Waals surface area contributed by atoms with Crippen LogP contribution in [0.25, 0.3) is 0 Å². The van der Waals surface area contributed by atoms with Crippen molar-refractivity contribution in [2.75, 3.05) is 6.61 Å². The van der Waals surface area contributed by atoms with Crippen LogP contribution in [0, 0.1) is 0 Å². The summed E-state index contributed by atoms with van der Waals surface area (Å²) >= 11 is 1.10. The Kier molecular flexibility index (Phi) is 2.05. The van der Waals surface area contributed by atoms with Gasteiger partial charge in [-0.1, -0.05) is 0 Å². The van der Waals surface area contributed by atoms with Crippen molar-refractivity contribution in [2.45, 2.75) is 12.5 Å². The van der Waals surface area contributed by atoms with Crippen molar-refractivity contribution in [3.05, 3.63) is 23.7 Å². The second kappa shape index (κ2) is 3.20. The van der Waals surface area contributed by atoms with Crippen molar-refractivity contribution in [3.8, 4) is 0 Å². The van der Waals surface area contributed by atoms with Crippen molar-refractivity contribution < 1.29 is 9.84 Å². The Labute approximate surface area is 73.8 Å². The Balaban J connectivity index is 2.14. The second-order valence-electron chi connectivity index (χ2n) is 2.55. The number of ether oxygens (including phenoxy) is 1. The average molecular weight is 184 g/mol. The number of aliphatic hydroxyl groups excluding tert-OH is 1. The van der Waals surface area contributed by atoms with Gasteiger partial charge in [-0.25, -0.2) is 0 Å². The van der Waals surface area contributed by atoms with E-state index in [1.54, 1.807) is 12.5 Å². The maximum atomic E-state index is 9.67. The Morgan fingerprint density at radius 3 is 3.17 bits per heavy atom. The Morgan fingerprint density at radius 1 is 1.67 bits per heavy atom. The molecule has 4 nitrogen and oxygen atoms in total. The van der Waals surface area contributed by atoms with Gasteiger partial charge in [-0.15, -0.1) is 0 Å². The molecule has 12 heavy (non-hydrogen) atoms. The van der Waals surface area contributed by atoms with Gasteiger partial charge in [0.2, 0.25) is 0 Å². The summed E-state index contributed by atoms with van der Waals surface area (Å²) in [5, 5.41) is 9.67. The number of aromatic nitrogens is 2. The molecule has 1 aromatic heterocycles. The van der Waals surface area contributed by atoms with Crippen LogP contribution in [0.2, 0.25) is 0 Å². The summed E-state index contributed by atoms with van der Waals surface area (Å²) < 4.78 is 12.8. The molecule has 0 amide bonds. The van der Waals surface area contributed by atoms with E-state index in [-0.39, 0.29) is 0 Å². The molecule has 0 saturated carbocycles. The smallest absolute Gasteiger partial charge is 0.123 e. The van der Waals surface area contributed by atoms with Gasteiger partial charge < -0.3 is 9.84 Å². The van der Waals surface area contributed by atoms with Crippen LogP contribution in [0.4, 0.5) is 0 Å². The Hall–Kier alpha value is -0.940. The molecular weight excluding hydrogens is 176 g/mol. The van der Waals surface area contributed by atoms with E-state index in [1.807, 2.05) is 0 Å². The third kappa shape index (κ3) is 1.33. The highest BCUT2D eigenvalue weighted by Gasteiger charge is 2.19. The van der Waals surface area contributed by atoms with Crippen molar-refractivity contribution in [1.29, 1.82) is 0 Å². The quantitative estimate of drug-likeness (QED) is 0.741. The van der Waals surface area contributed by atoms with Crippen LogP contribution in [-0.2, 0) is 4.74 Å². The summed E-state index contributed by atoms with van der Waals surface area (Å²) in [6.07, 6.45) is 3.32. The number of hydrogen-bond donors (Lipinski definition) is 1. The normalized spacial score (nSPS) is 18.6. The van der Waals surface area contributed by atoms with E-state index >= 15 is 0 Å². The number of hydrogen-bond acceptors (Lipinski definition) is 5. The van der Waals surface area contributed by atoms with Crippen LogP contribution in [-0.4, -0.2) is 20.5 Å². The highest BCUT2D eigenvalue weighted by atomic mass is 32.1. The minimum atomic E-state index is -0.633. The molecule has 2 heterocycles. The largest absolute Gasteiger partial charge is 0.501 e. The molecule has 0 fully saturated rings. The van der Waals surface area contributed by atoms with Gasteiger partial charge in [-0.3, -0.25) is 0 Å². The predicted molar refractivity (Wildman–Crippen MR) is 43.5 cm³/mol. The molecule has 1 N–H and O–H groups in total. The maximum Gasteiger partial charge on any atom is 0.123 e. The molecule has 1 aliphatic rings. The topological polar surface area (TPSA) is 55.2 Å². The van der Waals surface area contributed by atoms with Crippen molar-refractivity contribution >= 4 is 11.7 Å². The van der Waals surface area contributed by atoms with Gasteiger partial charge in [-0.05, 0) is 0 Å². The van der Waals surface area contributed by atoms with Gasteiger partial charge >= 0.3 is 0 Å². The predicted octanol–water partition coefficient (Wildman–Crippen LogP) is 0.876. The fourth-order valence-electron chi connectivity index (χ4n) is 1.09. The molecule has 0 radical (unpaired) electrons. The number of nitrogens with zero attached hydrogens (tertiary/aromatic N) is 2. The summed E-state index contributed by atoms with van der Waals surface area (Å²) in [6.45, 7) is 0.657. The molecule has 0 aromatic carbocycles. The van der Waals surface area contributed by atoms with Crippen molar-refractivity contribution in [2.24, 2.45) is 0 Å². The zero-order valence-electron chi connectivity index (χ0n) is 6.30. The van der Waals surface area contributed by atoms with E-state index in [4.69, 9.17) is 4.74 Å². The molecule has 0 saturated heterocycles. The summed E-state index contributed by atoms with van der Waals surface area (Å²) in [6, 6.07) is 0. The van der Waals surface area contributed by atoms with Crippen LogP contribution in [0.5, 0.6) is 0 Å². The molecule has 64 valence electrons. The first-order chi connectivity index (χ1) is 5.88. The lowest BCUT2D eigenvalue weighted by Crippen LogP contribution is -2.00. The summed E-state index contributed by atoms with van der Waals surface area (Å²) in [4.78, 5) is 0. The fraction of sp³-hybridized carbons (Fsp3) is 0.429. The van der Waals surface area contributed by atoms with Crippen LogP contribution in [0.3, 0.4) is 0 Å². The minimum Gasteiger partial charge on any atom is -0.501 e. The lowest BCUT2D eigenvalue weighted by atomic mass is 10.1. The van der Waals surface area contributed by atoms with Crippen LogP contribution < -0.4 is 0 Å². The van der Waals surface area contributed by atoms with E-state index in [0.29, 0.717) is 12.3 Å². The minimum absolute atomic E-state index is 0.608. The van der Waals surface area contributed by atoms with Gasteiger partial charge in [0.25, 0.3) is 0 Å². The molecule has 0 spiro atoms. The van der Waals surface area contributed by atoms with Crippen molar-refractivity contribution in [3.63, 3.8) is 0 Å². The summed E-state index contributed by atoms with van der Waals surface area (Å²) in [7, 11) is 0. The van der Waals surface area contributed by atoms with E-state index < -0.39 is 6.10 Å². The first-order valence-electron chi connectivity index (χ1n) is 3.64. The number of rotatable bonds is 2. The molecular formula is C7H8N2O2S. The van der Waals surface area contributed by atoms with Crippen LogP contribution in [0.15, 0.2) is 18.0 Å². The third-order valence-electron chi connectivity index (χ3n) is 1.75. The monoisotopic (exact) mass is 184 g/mol. The lowest BCUT2D eigenvalue weighted by Gasteiger charge is -2.04. The third-order valence-corrected chi connectivity index (χ3v) is 2.25. The van der Waals surface area contributed by atoms with Crippen LogP contribution >= 0.6 is 11.7 Å². The van der Waals surface area contributed by atoms with E-state index in [1.165, 1.54) is 0 Å². The Bertz CT molecular complexity index is 284. The zero-order valence-corrected chi connectivity index (χ0v) is 7.12. The van der Waals surface area contributed by atoms with Crippen LogP contribution in [0.1, 0.15) is 18.2 Å². The van der Waals surface area contributed by atoms with Crippen molar-refractivity contribution in [1.82, 2.24) is 8.75 Å². The highest BCUT2D eigenvalue weighted by molar-refractivity contribution is 6.99. The first kappa shape index (κ1) is 7.70. The SMILES string of the molecule is OC(C1=COCC1)c1cnsn1. The number of aliphatic hydroxyl groups is 1. The summed E-state index contributed by atoms with van der Waals surface area (Å²) in [5.41, 5.74) is 1.49. The molecule has 5 heteroatoms. The van der Waals surface area contributed by atoms with Gasteiger partial charge in [0, 0.05) is 12.0 Å². The standard InChI is InChI=1S/C7H8N2O2S/c10-7(5-1-2-11-4-5)6-3-8-12-9-6/h3-4,7,10H,1-2H2. The van der Waals surface area contributed by atoms with Gasteiger partial charge in [-0.2, -0.15) is 8.75 Å². The lowest BCUT2D eigenvalue weighted by molar-refractivity contribution is 0.209. The molecule has 1 unspecified atom stereocenters. The molecule has 1 aliphatic heterocycles. The van der Waals surface area contributed by atoms with Gasteiger partial charge in [0.05, 0.1) is 30.8 Å². The Morgan fingerprint density at radius 2 is 2.58 bits per heavy atom. The maximum absolute atomic E-state index is 9.67.